The molecule has 0 aromatic heterocycles. The van der Waals surface area contributed by atoms with Crippen LogP contribution in [0.15, 0.2) is 30.3 Å². The summed E-state index contributed by atoms with van der Waals surface area (Å²) in [4.78, 5) is 42.4. The molecule has 3 N–H and O–H groups in total. The van der Waals surface area contributed by atoms with E-state index in [4.69, 9.17) is 0 Å². The first-order valence-electron chi connectivity index (χ1n) is 12.1. The molecule has 8 heteroatoms. The van der Waals surface area contributed by atoms with Gasteiger partial charge in [0.1, 0.15) is 6.04 Å². The van der Waals surface area contributed by atoms with Gasteiger partial charge in [0.15, 0.2) is 0 Å². The monoisotopic (exact) mass is 473 g/mol. The van der Waals surface area contributed by atoms with Crippen molar-refractivity contribution >= 4 is 35.2 Å². The van der Waals surface area contributed by atoms with E-state index >= 15 is 0 Å². The number of hydrogen-bond acceptors (Lipinski definition) is 5. The van der Waals surface area contributed by atoms with E-state index in [1.165, 1.54) is 0 Å². The number of aliphatic hydroxyl groups excluding tert-OH is 1. The molecular formula is C25H35N3O4S. The lowest BCUT2D eigenvalue weighted by molar-refractivity contribution is -0.142. The molecule has 7 nitrogen and oxygen atoms in total. The van der Waals surface area contributed by atoms with Crippen molar-refractivity contribution in [2.45, 2.75) is 74.5 Å². The van der Waals surface area contributed by atoms with Crippen molar-refractivity contribution in [1.82, 2.24) is 10.2 Å². The minimum Gasteiger partial charge on any atom is -0.394 e. The standard InChI is InChI=1S/C25H35N3O4S/c1-4-5-9-14-26-22(31)20-25-13-12-24(3,33-25)18(19(25)23(32)28(20)16(2)15-29)21(30)27-17-10-7-6-8-11-17/h6-8,10-11,16,18-20,29H,4-5,9,12-15H2,1-3H3,(H,26,31)(H,27,30)/t16-,18+,19+,20?,24-,25?/m1/s1. The average molecular weight is 474 g/mol. The van der Waals surface area contributed by atoms with Gasteiger partial charge < -0.3 is 20.6 Å². The van der Waals surface area contributed by atoms with Crippen LogP contribution in [-0.2, 0) is 14.4 Å². The normalized spacial score (nSPS) is 33.2. The summed E-state index contributed by atoms with van der Waals surface area (Å²) in [5.74, 6) is -1.63. The van der Waals surface area contributed by atoms with Gasteiger partial charge in [-0.1, -0.05) is 38.0 Å². The Morgan fingerprint density at radius 3 is 2.61 bits per heavy atom. The summed E-state index contributed by atoms with van der Waals surface area (Å²) >= 11 is 1.65. The average Bonchev–Trinajstić information content (AvgIpc) is 3.37. The minimum absolute atomic E-state index is 0.164. The van der Waals surface area contributed by atoms with Crippen LogP contribution in [0, 0.1) is 11.8 Å². The van der Waals surface area contributed by atoms with Crippen molar-refractivity contribution in [3.05, 3.63) is 30.3 Å². The van der Waals surface area contributed by atoms with Gasteiger partial charge in [-0.05, 0) is 45.2 Å². The summed E-state index contributed by atoms with van der Waals surface area (Å²) in [6.45, 7) is 6.28. The van der Waals surface area contributed by atoms with Gasteiger partial charge in [0, 0.05) is 17.0 Å². The van der Waals surface area contributed by atoms with Crippen LogP contribution in [0.3, 0.4) is 0 Å². The maximum Gasteiger partial charge on any atom is 0.244 e. The zero-order valence-corrected chi connectivity index (χ0v) is 20.5. The maximum atomic E-state index is 13.8. The van der Waals surface area contributed by atoms with Gasteiger partial charge in [-0.3, -0.25) is 14.4 Å². The Morgan fingerprint density at radius 1 is 1.21 bits per heavy atom. The van der Waals surface area contributed by atoms with Crippen molar-refractivity contribution in [2.75, 3.05) is 18.5 Å². The smallest absolute Gasteiger partial charge is 0.244 e. The van der Waals surface area contributed by atoms with E-state index in [2.05, 4.69) is 24.5 Å². The van der Waals surface area contributed by atoms with Crippen LogP contribution in [-0.4, -0.2) is 62.5 Å². The zero-order valence-electron chi connectivity index (χ0n) is 19.7. The van der Waals surface area contributed by atoms with Gasteiger partial charge in [-0.2, -0.15) is 0 Å². The fraction of sp³-hybridized carbons (Fsp3) is 0.640. The molecule has 3 aliphatic rings. The van der Waals surface area contributed by atoms with Crippen LogP contribution in [0.5, 0.6) is 0 Å². The topological polar surface area (TPSA) is 98.7 Å². The maximum absolute atomic E-state index is 13.8. The number of likely N-dealkylation sites (tertiary alicyclic amines) is 1. The first-order valence-corrected chi connectivity index (χ1v) is 12.9. The molecule has 0 saturated carbocycles. The number of aliphatic hydroxyl groups is 1. The van der Waals surface area contributed by atoms with Crippen LogP contribution >= 0.6 is 11.8 Å². The quantitative estimate of drug-likeness (QED) is 0.479. The van der Waals surface area contributed by atoms with E-state index in [-0.39, 0.29) is 24.3 Å². The van der Waals surface area contributed by atoms with Crippen LogP contribution < -0.4 is 10.6 Å². The Morgan fingerprint density at radius 2 is 1.94 bits per heavy atom. The van der Waals surface area contributed by atoms with Crippen molar-refractivity contribution in [2.24, 2.45) is 11.8 Å². The van der Waals surface area contributed by atoms with Crippen LogP contribution in [0.1, 0.15) is 52.9 Å². The zero-order chi connectivity index (χ0) is 23.8. The molecule has 3 aliphatic heterocycles. The minimum atomic E-state index is -0.680. The van der Waals surface area contributed by atoms with Crippen LogP contribution in [0.25, 0.3) is 0 Å². The molecule has 0 radical (unpaired) electrons. The number of rotatable bonds is 9. The largest absolute Gasteiger partial charge is 0.394 e. The van der Waals surface area contributed by atoms with Crippen LogP contribution in [0.2, 0.25) is 0 Å². The second kappa shape index (κ2) is 9.29. The molecule has 1 spiro atoms. The lowest BCUT2D eigenvalue weighted by Crippen LogP contribution is -2.56. The predicted molar refractivity (Wildman–Crippen MR) is 130 cm³/mol. The molecule has 3 amide bonds. The van der Waals surface area contributed by atoms with Gasteiger partial charge in [-0.25, -0.2) is 0 Å². The lowest BCUT2D eigenvalue weighted by atomic mass is 9.66. The van der Waals surface area contributed by atoms with E-state index in [0.717, 1.165) is 25.7 Å². The number of carbonyl (C=O) groups is 3. The number of carbonyl (C=O) groups excluding carboxylic acids is 3. The number of benzene rings is 1. The highest BCUT2D eigenvalue weighted by molar-refractivity contribution is 8.02. The third kappa shape index (κ3) is 3.95. The Bertz CT molecular complexity index is 912. The fourth-order valence-corrected chi connectivity index (χ4v) is 8.39. The van der Waals surface area contributed by atoms with Crippen molar-refractivity contribution in [3.63, 3.8) is 0 Å². The number of unbranched alkanes of at least 4 members (excludes halogenated alkanes) is 2. The van der Waals surface area contributed by atoms with E-state index < -0.39 is 33.4 Å². The molecular weight excluding hydrogens is 438 g/mol. The molecule has 180 valence electrons. The molecule has 2 unspecified atom stereocenters. The van der Waals surface area contributed by atoms with E-state index in [1.807, 2.05) is 30.3 Å². The molecule has 0 aliphatic carbocycles. The highest BCUT2D eigenvalue weighted by atomic mass is 32.2. The van der Waals surface area contributed by atoms with E-state index in [9.17, 15) is 19.5 Å². The molecule has 1 aromatic carbocycles. The van der Waals surface area contributed by atoms with Crippen molar-refractivity contribution < 1.29 is 19.5 Å². The third-order valence-corrected chi connectivity index (χ3v) is 9.59. The number of amides is 3. The Kier molecular flexibility index (Phi) is 6.78. The number of para-hydroxylation sites is 1. The van der Waals surface area contributed by atoms with Gasteiger partial charge in [0.2, 0.25) is 17.7 Å². The Labute approximate surface area is 200 Å². The third-order valence-electron chi connectivity index (χ3n) is 7.61. The highest BCUT2D eigenvalue weighted by Crippen LogP contribution is 2.71. The summed E-state index contributed by atoms with van der Waals surface area (Å²) < 4.78 is -1.06. The number of nitrogens with zero attached hydrogens (tertiary/aromatic N) is 1. The summed E-state index contributed by atoms with van der Waals surface area (Å²) in [5, 5.41) is 15.9. The summed E-state index contributed by atoms with van der Waals surface area (Å²) in [5.41, 5.74) is 0.698. The summed E-state index contributed by atoms with van der Waals surface area (Å²) in [6, 6.07) is 8.10. The van der Waals surface area contributed by atoms with E-state index in [1.54, 1.807) is 23.6 Å². The number of anilines is 1. The molecule has 6 atom stereocenters. The molecule has 1 aromatic rings. The van der Waals surface area contributed by atoms with Crippen LogP contribution in [0.4, 0.5) is 5.69 Å². The SMILES string of the molecule is CCCCCNC(=O)C1N([C@H](C)CO)C(=O)[C@@H]2[C@@H](C(=O)Nc3ccccc3)[C@@]3(C)CCC12S3. The molecule has 4 rings (SSSR count). The second-order valence-electron chi connectivity index (χ2n) is 9.86. The van der Waals surface area contributed by atoms with Gasteiger partial charge >= 0.3 is 0 Å². The first kappa shape index (κ1) is 24.1. The highest BCUT2D eigenvalue weighted by Gasteiger charge is 2.77. The molecule has 3 fully saturated rings. The molecule has 3 heterocycles. The Balaban J connectivity index is 1.66. The van der Waals surface area contributed by atoms with E-state index in [0.29, 0.717) is 18.7 Å². The lowest BCUT2D eigenvalue weighted by Gasteiger charge is -2.36. The van der Waals surface area contributed by atoms with Crippen molar-refractivity contribution in [1.29, 1.82) is 0 Å². The predicted octanol–water partition coefficient (Wildman–Crippen LogP) is 2.79. The van der Waals surface area contributed by atoms with Gasteiger partial charge in [-0.15, -0.1) is 11.8 Å². The second-order valence-corrected chi connectivity index (χ2v) is 11.8. The molecule has 33 heavy (non-hydrogen) atoms. The fourth-order valence-electron chi connectivity index (χ4n) is 6.05. The molecule has 3 saturated heterocycles. The molecule has 2 bridgehead atoms. The van der Waals surface area contributed by atoms with Crippen molar-refractivity contribution in [3.8, 4) is 0 Å². The number of nitrogens with one attached hydrogen (secondary N) is 2. The summed E-state index contributed by atoms with van der Waals surface area (Å²) in [6.07, 6.45) is 4.46. The number of hydrogen-bond donors (Lipinski definition) is 3. The number of fused-ring (bicyclic) bond motifs is 1. The summed E-state index contributed by atoms with van der Waals surface area (Å²) in [7, 11) is 0. The van der Waals surface area contributed by atoms with Gasteiger partial charge in [0.05, 0.1) is 29.2 Å². The van der Waals surface area contributed by atoms with Gasteiger partial charge in [0.25, 0.3) is 0 Å². The Hall–Kier alpha value is -2.06. The first-order chi connectivity index (χ1) is 15.8. The number of thioether (sulfide) groups is 1.